The second-order valence-corrected chi connectivity index (χ2v) is 15.0. The normalized spacial score (nSPS) is 16.7. The molecule has 0 saturated heterocycles. The van der Waals surface area contributed by atoms with Gasteiger partial charge in [-0.2, -0.15) is 0 Å². The van der Waals surface area contributed by atoms with E-state index < -0.39 is 0 Å². The van der Waals surface area contributed by atoms with E-state index in [4.69, 9.17) is 0 Å². The molecule has 2 aromatic rings. The van der Waals surface area contributed by atoms with E-state index in [1.807, 2.05) is 60.7 Å². The molecule has 0 N–H and O–H groups in total. The first-order chi connectivity index (χ1) is 21.9. The summed E-state index contributed by atoms with van der Waals surface area (Å²) >= 11 is 0. The molecular weight excluding hydrogens is 572 g/mol. The lowest BCUT2D eigenvalue weighted by Gasteiger charge is -2.37. The summed E-state index contributed by atoms with van der Waals surface area (Å²) in [5.74, 6) is 2.19. The number of hydroxylamine groups is 6. The van der Waals surface area contributed by atoms with Crippen LogP contribution in [0.25, 0.3) is 0 Å². The lowest BCUT2D eigenvalue weighted by atomic mass is 9.67. The summed E-state index contributed by atoms with van der Waals surface area (Å²) in [4.78, 5) is 25.8. The van der Waals surface area contributed by atoms with Gasteiger partial charge in [-0.1, -0.05) is 99.2 Å². The molecular formula is C40H62N2O4. The van der Waals surface area contributed by atoms with E-state index in [9.17, 15) is 20.0 Å². The van der Waals surface area contributed by atoms with E-state index >= 15 is 0 Å². The van der Waals surface area contributed by atoms with Crippen molar-refractivity contribution < 1.29 is 18.9 Å². The van der Waals surface area contributed by atoms with Crippen LogP contribution in [0, 0.1) is 28.2 Å². The smallest absolute Gasteiger partial charge is 0.144 e. The highest BCUT2D eigenvalue weighted by Gasteiger charge is 2.35. The molecule has 2 aliphatic carbocycles. The zero-order chi connectivity index (χ0) is 33.4. The minimum absolute atomic E-state index is 0.216. The van der Waals surface area contributed by atoms with Crippen LogP contribution >= 0.6 is 0 Å². The van der Waals surface area contributed by atoms with Crippen molar-refractivity contribution in [1.29, 1.82) is 0 Å². The molecule has 0 aromatic heterocycles. The van der Waals surface area contributed by atoms with Crippen molar-refractivity contribution in [3.8, 4) is 0 Å². The van der Waals surface area contributed by atoms with Gasteiger partial charge in [-0.15, -0.1) is 0 Å². The van der Waals surface area contributed by atoms with Gasteiger partial charge < -0.3 is 19.7 Å². The number of hydrogen-bond donors (Lipinski definition) is 0. The fraction of sp³-hybridized carbons (Fsp3) is 0.650. The quantitative estimate of drug-likeness (QED) is 0.105. The fourth-order valence-corrected chi connectivity index (χ4v) is 7.65. The van der Waals surface area contributed by atoms with Crippen LogP contribution in [0.5, 0.6) is 0 Å². The van der Waals surface area contributed by atoms with Crippen molar-refractivity contribution in [1.82, 2.24) is 0 Å². The van der Waals surface area contributed by atoms with Crippen LogP contribution < -0.4 is 0 Å². The Morgan fingerprint density at radius 1 is 0.587 bits per heavy atom. The Labute approximate surface area is 279 Å². The highest BCUT2D eigenvalue weighted by atomic mass is 16.5. The first-order valence-electron chi connectivity index (χ1n) is 18.2. The number of carbonyl (C=O) groups excluding carboxylic acids is 2. The summed E-state index contributed by atoms with van der Waals surface area (Å²) in [5.41, 5.74) is 2.06. The molecule has 2 fully saturated rings. The number of unbranched alkanes of at least 4 members (excludes halogenated alkanes) is 2. The second kappa shape index (κ2) is 19.4. The van der Waals surface area contributed by atoms with Gasteiger partial charge in [0.05, 0.1) is 47.2 Å². The Kier molecular flexibility index (Phi) is 16.1. The Morgan fingerprint density at radius 3 is 1.33 bits per heavy atom. The number of rotatable bonds is 16. The molecule has 2 saturated carbocycles. The third kappa shape index (κ3) is 14.2. The molecule has 0 aliphatic heterocycles. The van der Waals surface area contributed by atoms with E-state index in [0.29, 0.717) is 49.5 Å². The van der Waals surface area contributed by atoms with Crippen molar-refractivity contribution in [2.45, 2.75) is 109 Å². The largest absolute Gasteiger partial charge is 0.633 e. The van der Waals surface area contributed by atoms with Crippen molar-refractivity contribution in [2.75, 3.05) is 41.3 Å². The van der Waals surface area contributed by atoms with Gasteiger partial charge >= 0.3 is 0 Å². The zero-order valence-electron chi connectivity index (χ0n) is 29.3. The molecule has 4 rings (SSSR count). The molecule has 0 heterocycles. The van der Waals surface area contributed by atoms with Gasteiger partial charge in [0.1, 0.15) is 11.6 Å². The van der Waals surface area contributed by atoms with Gasteiger partial charge in [0, 0.05) is 18.8 Å². The first-order valence-corrected chi connectivity index (χ1v) is 18.2. The van der Waals surface area contributed by atoms with Gasteiger partial charge in [0.15, 0.2) is 0 Å². The zero-order valence-corrected chi connectivity index (χ0v) is 29.3. The molecule has 0 spiro atoms. The van der Waals surface area contributed by atoms with E-state index in [0.717, 1.165) is 36.8 Å². The van der Waals surface area contributed by atoms with Crippen LogP contribution in [-0.2, 0) is 9.59 Å². The summed E-state index contributed by atoms with van der Waals surface area (Å²) < 4.78 is -0.530. The molecule has 6 heteroatoms. The summed E-state index contributed by atoms with van der Waals surface area (Å²) in [5, 5.41) is 23.2. The third-order valence-corrected chi connectivity index (χ3v) is 10.0. The highest BCUT2D eigenvalue weighted by molar-refractivity contribution is 5.89. The molecule has 0 radical (unpaired) electrons. The maximum atomic E-state index is 13.0. The van der Waals surface area contributed by atoms with Crippen molar-refractivity contribution >= 4 is 11.6 Å². The Hall–Kier alpha value is -2.38. The number of hydrogen-bond acceptors (Lipinski definition) is 4. The molecule has 2 aliphatic rings. The standard InChI is InChI=1S/C20H37NO2.C20H25NO2/c2*1-21(2,23)16-10-9-15-19(22)20(17-11-5-3-6-12-17)18-13-7-4-8-14-18/h17-18,20H,3-16H2,1-2H3;3-8,11-14,20H,9-10,15-16H2,1-2H3. The van der Waals surface area contributed by atoms with Gasteiger partial charge in [0.25, 0.3) is 0 Å². The summed E-state index contributed by atoms with van der Waals surface area (Å²) in [6.07, 6.45) is 17.6. The predicted octanol–water partition coefficient (Wildman–Crippen LogP) is 9.21. The third-order valence-electron chi connectivity index (χ3n) is 10.0. The summed E-state index contributed by atoms with van der Waals surface area (Å²) in [6.45, 7) is 1.18. The van der Waals surface area contributed by atoms with Crippen LogP contribution in [0.4, 0.5) is 0 Å². The van der Waals surface area contributed by atoms with Gasteiger partial charge in [-0.05, 0) is 74.3 Å². The Morgan fingerprint density at radius 2 is 0.957 bits per heavy atom. The van der Waals surface area contributed by atoms with E-state index in [2.05, 4.69) is 0 Å². The minimum Gasteiger partial charge on any atom is -0.633 e. The Balaban J connectivity index is 0.000000250. The van der Waals surface area contributed by atoms with Crippen molar-refractivity contribution in [3.63, 3.8) is 0 Å². The average molecular weight is 635 g/mol. The summed E-state index contributed by atoms with van der Waals surface area (Å²) in [6, 6.07) is 19.8. The number of carbonyl (C=O) groups is 2. The lowest BCUT2D eigenvalue weighted by Crippen LogP contribution is -2.34. The van der Waals surface area contributed by atoms with Crippen LogP contribution in [0.1, 0.15) is 120 Å². The average Bonchev–Trinajstić information content (AvgIpc) is 3.03. The van der Waals surface area contributed by atoms with Crippen LogP contribution in [-0.4, -0.2) is 62.1 Å². The van der Waals surface area contributed by atoms with Crippen molar-refractivity contribution in [2.24, 2.45) is 17.8 Å². The van der Waals surface area contributed by atoms with Crippen LogP contribution in [0.15, 0.2) is 60.7 Å². The van der Waals surface area contributed by atoms with Gasteiger partial charge in [0.2, 0.25) is 0 Å². The summed E-state index contributed by atoms with van der Waals surface area (Å²) in [7, 11) is 6.65. The molecule has 0 bridgehead atoms. The first kappa shape index (κ1) is 38.1. The molecule has 0 atom stereocenters. The molecule has 6 nitrogen and oxygen atoms in total. The molecule has 2 aromatic carbocycles. The highest BCUT2D eigenvalue weighted by Crippen LogP contribution is 2.41. The molecule has 256 valence electrons. The number of benzene rings is 2. The number of nitrogens with zero attached hydrogens (tertiary/aromatic N) is 2. The van der Waals surface area contributed by atoms with Gasteiger partial charge in [-0.3, -0.25) is 9.59 Å². The Bertz CT molecular complexity index is 1070. The predicted molar refractivity (Wildman–Crippen MR) is 190 cm³/mol. The second-order valence-electron chi connectivity index (χ2n) is 15.0. The lowest BCUT2D eigenvalue weighted by molar-refractivity contribution is -0.840. The maximum absolute atomic E-state index is 13.0. The number of Topliss-reactive ketones (excluding diaryl/α,β-unsaturated/α-hetero) is 2. The topological polar surface area (TPSA) is 80.3 Å². The SMILES string of the molecule is C[N+](C)([O-])CCCCC(=O)C(C1CCCCC1)C1CCCCC1.C[N+](C)([O-])CCCCC(=O)C(c1ccccc1)c1ccccc1. The number of ketones is 2. The van der Waals surface area contributed by atoms with Gasteiger partial charge in [-0.25, -0.2) is 0 Å². The maximum Gasteiger partial charge on any atom is 0.144 e. The molecule has 0 amide bonds. The fourth-order valence-electron chi connectivity index (χ4n) is 7.65. The molecule has 0 unspecified atom stereocenters. The monoisotopic (exact) mass is 634 g/mol. The van der Waals surface area contributed by atoms with E-state index in [1.165, 1.54) is 64.2 Å². The number of quaternary nitrogens is 2. The van der Waals surface area contributed by atoms with Crippen LogP contribution in [0.3, 0.4) is 0 Å². The van der Waals surface area contributed by atoms with Crippen molar-refractivity contribution in [3.05, 3.63) is 82.2 Å². The van der Waals surface area contributed by atoms with E-state index in [1.54, 1.807) is 28.2 Å². The van der Waals surface area contributed by atoms with E-state index in [-0.39, 0.29) is 21.0 Å². The van der Waals surface area contributed by atoms with Crippen LogP contribution in [0.2, 0.25) is 0 Å². The minimum atomic E-state index is -0.297. The molecule has 46 heavy (non-hydrogen) atoms.